The Kier molecular flexibility index (Phi) is 3.59. The molecule has 1 aliphatic heterocycles. The highest BCUT2D eigenvalue weighted by atomic mass is 32.2. The van der Waals surface area contributed by atoms with E-state index in [-0.39, 0.29) is 17.9 Å². The molecule has 0 saturated carbocycles. The molecule has 6 nitrogen and oxygen atoms in total. The zero-order valence-electron chi connectivity index (χ0n) is 11.4. The number of carbonyl (C=O) groups is 1. The predicted octanol–water partition coefficient (Wildman–Crippen LogP) is 2.61. The highest BCUT2D eigenvalue weighted by molar-refractivity contribution is 7.87. The molecule has 0 bridgehead atoms. The molecule has 0 fully saturated rings. The first-order valence-electron chi connectivity index (χ1n) is 6.56. The zero-order valence-corrected chi connectivity index (χ0v) is 12.2. The number of hydrogen-bond donors (Lipinski definition) is 2. The maximum atomic E-state index is 12.1. The number of Topliss-reactive ketones (excluding diaryl/α,β-unsaturated/α-hetero) is 1. The molecule has 1 atom stereocenters. The second kappa shape index (κ2) is 5.43. The number of nitrogens with one attached hydrogen (secondary N) is 1. The summed E-state index contributed by atoms with van der Waals surface area (Å²) in [6.45, 7) is 0. The lowest BCUT2D eigenvalue weighted by Gasteiger charge is -2.25. The van der Waals surface area contributed by atoms with Gasteiger partial charge in [0, 0.05) is 0 Å². The predicted molar refractivity (Wildman–Crippen MR) is 80.4 cm³/mol. The van der Waals surface area contributed by atoms with E-state index in [0.29, 0.717) is 11.3 Å². The summed E-state index contributed by atoms with van der Waals surface area (Å²) in [5.41, 5.74) is 1.56. The topological polar surface area (TPSA) is 92.7 Å². The summed E-state index contributed by atoms with van der Waals surface area (Å²) in [6, 6.07) is 13.4. The largest absolute Gasteiger partial charge is 0.484 e. The standard InChI is InChI=1S/C15H13NO5S/c17-13-9-15(21-14-4-2-1-3-12(13)14)10-5-7-11(8-6-10)16-22(18,19)20/h1-8,15-16H,9H2,(H,18,19,20). The molecule has 2 aromatic rings. The van der Waals surface area contributed by atoms with Crippen LogP contribution in [0.5, 0.6) is 5.75 Å². The number of hydrogen-bond acceptors (Lipinski definition) is 4. The fourth-order valence-corrected chi connectivity index (χ4v) is 2.81. The van der Waals surface area contributed by atoms with Crippen molar-refractivity contribution in [1.82, 2.24) is 0 Å². The first kappa shape index (κ1) is 14.6. The fraction of sp³-hybridized carbons (Fsp3) is 0.133. The van der Waals surface area contributed by atoms with Crippen LogP contribution in [0.1, 0.15) is 28.4 Å². The third kappa shape index (κ3) is 3.10. The normalized spacial score (nSPS) is 17.5. The van der Waals surface area contributed by atoms with Crippen LogP contribution in [0.2, 0.25) is 0 Å². The van der Waals surface area contributed by atoms with Crippen molar-refractivity contribution in [2.75, 3.05) is 4.72 Å². The van der Waals surface area contributed by atoms with Gasteiger partial charge in [0.15, 0.2) is 5.78 Å². The van der Waals surface area contributed by atoms with E-state index in [0.717, 1.165) is 5.56 Å². The molecule has 0 amide bonds. The average molecular weight is 319 g/mol. The number of ketones is 1. The highest BCUT2D eigenvalue weighted by Gasteiger charge is 2.27. The van der Waals surface area contributed by atoms with Gasteiger partial charge in [-0.15, -0.1) is 0 Å². The van der Waals surface area contributed by atoms with Crippen LogP contribution in [-0.4, -0.2) is 18.8 Å². The minimum Gasteiger partial charge on any atom is -0.484 e. The third-order valence-corrected chi connectivity index (χ3v) is 3.85. The molecule has 2 N–H and O–H groups in total. The van der Waals surface area contributed by atoms with Crippen LogP contribution in [0.15, 0.2) is 48.5 Å². The molecular formula is C15H13NO5S. The van der Waals surface area contributed by atoms with Gasteiger partial charge < -0.3 is 4.74 Å². The van der Waals surface area contributed by atoms with Gasteiger partial charge >= 0.3 is 10.3 Å². The summed E-state index contributed by atoms with van der Waals surface area (Å²) < 4.78 is 38.0. The molecule has 114 valence electrons. The van der Waals surface area contributed by atoms with E-state index in [1.54, 1.807) is 36.4 Å². The lowest BCUT2D eigenvalue weighted by Crippen LogP contribution is -2.20. The lowest BCUT2D eigenvalue weighted by atomic mass is 9.96. The molecule has 1 aliphatic rings. The number of benzene rings is 2. The van der Waals surface area contributed by atoms with Crippen LogP contribution in [0.4, 0.5) is 5.69 Å². The molecule has 0 saturated heterocycles. The molecule has 0 radical (unpaired) electrons. The number of anilines is 1. The molecule has 0 aliphatic carbocycles. The van der Waals surface area contributed by atoms with Gasteiger partial charge in [-0.1, -0.05) is 24.3 Å². The number of carbonyl (C=O) groups excluding carboxylic acids is 1. The summed E-state index contributed by atoms with van der Waals surface area (Å²) in [5, 5.41) is 0. The van der Waals surface area contributed by atoms with Crippen molar-refractivity contribution in [3.63, 3.8) is 0 Å². The van der Waals surface area contributed by atoms with Crippen molar-refractivity contribution in [1.29, 1.82) is 0 Å². The second-order valence-corrected chi connectivity index (χ2v) is 6.08. The third-order valence-electron chi connectivity index (χ3n) is 3.36. The Labute approximate surface area is 127 Å². The highest BCUT2D eigenvalue weighted by Crippen LogP contribution is 2.34. The van der Waals surface area contributed by atoms with Crippen LogP contribution < -0.4 is 9.46 Å². The van der Waals surface area contributed by atoms with E-state index in [1.807, 2.05) is 4.72 Å². The van der Waals surface area contributed by atoms with Gasteiger partial charge in [-0.3, -0.25) is 14.1 Å². The van der Waals surface area contributed by atoms with Gasteiger partial charge in [0.1, 0.15) is 11.9 Å². The van der Waals surface area contributed by atoms with Gasteiger partial charge in [-0.25, -0.2) is 0 Å². The Hall–Kier alpha value is -2.38. The van der Waals surface area contributed by atoms with E-state index >= 15 is 0 Å². The van der Waals surface area contributed by atoms with Crippen molar-refractivity contribution in [2.45, 2.75) is 12.5 Å². The molecule has 1 unspecified atom stereocenters. The molecule has 1 heterocycles. The number of para-hydroxylation sites is 1. The minimum absolute atomic E-state index is 0.00647. The molecule has 7 heteroatoms. The summed E-state index contributed by atoms with van der Waals surface area (Å²) in [7, 11) is -4.30. The van der Waals surface area contributed by atoms with Gasteiger partial charge in [-0.2, -0.15) is 8.42 Å². The van der Waals surface area contributed by atoms with Crippen molar-refractivity contribution in [3.05, 3.63) is 59.7 Å². The Morgan fingerprint density at radius 3 is 2.45 bits per heavy atom. The van der Waals surface area contributed by atoms with E-state index in [9.17, 15) is 13.2 Å². The number of rotatable bonds is 3. The molecule has 2 aromatic carbocycles. The smallest absolute Gasteiger partial charge is 0.357 e. The van der Waals surface area contributed by atoms with Crippen molar-refractivity contribution in [2.24, 2.45) is 0 Å². The van der Waals surface area contributed by atoms with Crippen LogP contribution in [0.3, 0.4) is 0 Å². The van der Waals surface area contributed by atoms with Gasteiger partial charge in [-0.05, 0) is 29.8 Å². The summed E-state index contributed by atoms with van der Waals surface area (Å²) >= 11 is 0. The Morgan fingerprint density at radius 2 is 1.77 bits per heavy atom. The quantitative estimate of drug-likeness (QED) is 0.848. The molecule has 22 heavy (non-hydrogen) atoms. The fourth-order valence-electron chi connectivity index (χ4n) is 2.37. The number of ether oxygens (including phenoxy) is 1. The molecule has 0 spiro atoms. The van der Waals surface area contributed by atoms with Gasteiger partial charge in [0.25, 0.3) is 0 Å². The van der Waals surface area contributed by atoms with Crippen LogP contribution in [0.25, 0.3) is 0 Å². The van der Waals surface area contributed by atoms with Gasteiger partial charge in [0.05, 0.1) is 17.7 Å². The lowest BCUT2D eigenvalue weighted by molar-refractivity contribution is 0.0850. The van der Waals surface area contributed by atoms with Crippen LogP contribution in [0, 0.1) is 0 Å². The molecule has 0 aromatic heterocycles. The summed E-state index contributed by atoms with van der Waals surface area (Å²) in [6.07, 6.45) is -0.190. The zero-order chi connectivity index (χ0) is 15.7. The minimum atomic E-state index is -4.30. The number of fused-ring (bicyclic) bond motifs is 1. The first-order chi connectivity index (χ1) is 10.4. The SMILES string of the molecule is O=C1CC(c2ccc(NS(=O)(=O)O)cc2)Oc2ccccc21. The van der Waals surface area contributed by atoms with Crippen molar-refractivity contribution < 1.29 is 22.5 Å². The monoisotopic (exact) mass is 319 g/mol. The van der Waals surface area contributed by atoms with Crippen LogP contribution >= 0.6 is 0 Å². The van der Waals surface area contributed by atoms with E-state index < -0.39 is 16.4 Å². The first-order valence-corrected chi connectivity index (χ1v) is 8.00. The van der Waals surface area contributed by atoms with Crippen molar-refractivity contribution >= 4 is 21.8 Å². The van der Waals surface area contributed by atoms with E-state index in [1.165, 1.54) is 12.1 Å². The Balaban J connectivity index is 1.83. The summed E-state index contributed by atoms with van der Waals surface area (Å²) in [5.74, 6) is 0.552. The van der Waals surface area contributed by atoms with Crippen molar-refractivity contribution in [3.8, 4) is 5.75 Å². The van der Waals surface area contributed by atoms with Crippen LogP contribution in [-0.2, 0) is 10.3 Å². The maximum Gasteiger partial charge on any atom is 0.357 e. The second-order valence-electron chi connectivity index (χ2n) is 4.93. The summed E-state index contributed by atoms with van der Waals surface area (Å²) in [4.78, 5) is 12.1. The Bertz CT molecular complexity index is 814. The van der Waals surface area contributed by atoms with E-state index in [4.69, 9.17) is 9.29 Å². The molecule has 3 rings (SSSR count). The average Bonchev–Trinajstić information content (AvgIpc) is 2.46. The maximum absolute atomic E-state index is 12.1. The van der Waals surface area contributed by atoms with E-state index in [2.05, 4.69) is 0 Å². The van der Waals surface area contributed by atoms with Gasteiger partial charge in [0.2, 0.25) is 0 Å². The molecular weight excluding hydrogens is 306 g/mol. The Morgan fingerprint density at radius 1 is 1.09 bits per heavy atom.